The molecule has 21 heavy (non-hydrogen) atoms. The lowest BCUT2D eigenvalue weighted by atomic mass is 10.1. The number of nitrogen functional groups attached to an aromatic ring is 1. The lowest BCUT2D eigenvalue weighted by Crippen LogP contribution is -2.42. The molecule has 0 spiro atoms. The standard InChI is InChI=1S/C14H23N5O2/c1-9(2)12-11(15)13(18-17-12)14(21)16-8-10(20)19-6-4-3-5-7-19/h9H,3-8,15H2,1-2H3,(H,16,21)(H,17,18). The monoisotopic (exact) mass is 293 g/mol. The molecule has 0 aromatic carbocycles. The van der Waals surface area contributed by atoms with E-state index in [0.29, 0.717) is 5.69 Å². The van der Waals surface area contributed by atoms with Crippen molar-refractivity contribution in [1.82, 2.24) is 20.4 Å². The molecular formula is C14H23N5O2. The van der Waals surface area contributed by atoms with Gasteiger partial charge in [-0.25, -0.2) is 0 Å². The highest BCUT2D eigenvalue weighted by Crippen LogP contribution is 2.21. The van der Waals surface area contributed by atoms with Crippen molar-refractivity contribution in [2.24, 2.45) is 0 Å². The first-order valence-electron chi connectivity index (χ1n) is 7.40. The van der Waals surface area contributed by atoms with Crippen LogP contribution in [0, 0.1) is 0 Å². The van der Waals surface area contributed by atoms with E-state index in [9.17, 15) is 9.59 Å². The van der Waals surface area contributed by atoms with Gasteiger partial charge in [0.05, 0.1) is 17.9 Å². The van der Waals surface area contributed by atoms with E-state index in [4.69, 9.17) is 5.73 Å². The van der Waals surface area contributed by atoms with E-state index in [0.717, 1.165) is 38.0 Å². The number of aromatic amines is 1. The Morgan fingerprint density at radius 3 is 2.57 bits per heavy atom. The first-order valence-corrected chi connectivity index (χ1v) is 7.40. The van der Waals surface area contributed by atoms with Gasteiger partial charge < -0.3 is 16.0 Å². The van der Waals surface area contributed by atoms with Crippen LogP contribution in [0.5, 0.6) is 0 Å². The van der Waals surface area contributed by atoms with Gasteiger partial charge in [-0.05, 0) is 25.2 Å². The average Bonchev–Trinajstić information content (AvgIpc) is 2.87. The van der Waals surface area contributed by atoms with Crippen LogP contribution in [0.4, 0.5) is 5.69 Å². The fourth-order valence-corrected chi connectivity index (χ4v) is 2.47. The number of rotatable bonds is 4. The molecule has 1 aromatic heterocycles. The zero-order valence-corrected chi connectivity index (χ0v) is 12.6. The second-order valence-electron chi connectivity index (χ2n) is 5.68. The van der Waals surface area contributed by atoms with Crippen LogP contribution in [-0.2, 0) is 4.79 Å². The van der Waals surface area contributed by atoms with Crippen molar-refractivity contribution in [1.29, 1.82) is 0 Å². The summed E-state index contributed by atoms with van der Waals surface area (Å²) in [7, 11) is 0. The number of aromatic nitrogens is 2. The summed E-state index contributed by atoms with van der Waals surface area (Å²) in [6, 6.07) is 0. The van der Waals surface area contributed by atoms with Crippen LogP contribution in [0.25, 0.3) is 0 Å². The summed E-state index contributed by atoms with van der Waals surface area (Å²) < 4.78 is 0. The minimum atomic E-state index is -0.416. The quantitative estimate of drug-likeness (QED) is 0.765. The summed E-state index contributed by atoms with van der Waals surface area (Å²) in [4.78, 5) is 25.8. The fourth-order valence-electron chi connectivity index (χ4n) is 2.47. The van der Waals surface area contributed by atoms with Crippen molar-refractivity contribution in [2.45, 2.75) is 39.0 Å². The molecule has 116 valence electrons. The van der Waals surface area contributed by atoms with E-state index >= 15 is 0 Å². The molecule has 7 nitrogen and oxygen atoms in total. The van der Waals surface area contributed by atoms with Crippen LogP contribution in [0.1, 0.15) is 55.2 Å². The molecule has 1 saturated heterocycles. The smallest absolute Gasteiger partial charge is 0.274 e. The Hall–Kier alpha value is -2.05. The maximum Gasteiger partial charge on any atom is 0.274 e. The highest BCUT2D eigenvalue weighted by atomic mass is 16.2. The number of carbonyl (C=O) groups excluding carboxylic acids is 2. The number of hydrogen-bond donors (Lipinski definition) is 3. The summed E-state index contributed by atoms with van der Waals surface area (Å²) >= 11 is 0. The minimum absolute atomic E-state index is 0.0118. The molecule has 0 aliphatic carbocycles. The molecule has 2 amide bonds. The van der Waals surface area contributed by atoms with Gasteiger partial charge in [-0.15, -0.1) is 0 Å². The molecule has 0 bridgehead atoms. The molecule has 0 radical (unpaired) electrons. The Kier molecular flexibility index (Phi) is 4.82. The van der Waals surface area contributed by atoms with Crippen molar-refractivity contribution >= 4 is 17.5 Å². The van der Waals surface area contributed by atoms with Gasteiger partial charge in [0.1, 0.15) is 0 Å². The van der Waals surface area contributed by atoms with Crippen molar-refractivity contribution in [3.8, 4) is 0 Å². The van der Waals surface area contributed by atoms with Crippen molar-refractivity contribution in [2.75, 3.05) is 25.4 Å². The highest BCUT2D eigenvalue weighted by Gasteiger charge is 2.21. The number of hydrogen-bond acceptors (Lipinski definition) is 4. The number of likely N-dealkylation sites (tertiary alicyclic amines) is 1. The lowest BCUT2D eigenvalue weighted by Gasteiger charge is -2.26. The predicted molar refractivity (Wildman–Crippen MR) is 79.9 cm³/mol. The zero-order valence-electron chi connectivity index (χ0n) is 12.6. The van der Waals surface area contributed by atoms with E-state index in [-0.39, 0.29) is 24.1 Å². The average molecular weight is 293 g/mol. The Balaban J connectivity index is 1.91. The number of nitrogens with two attached hydrogens (primary N) is 1. The molecule has 0 atom stereocenters. The van der Waals surface area contributed by atoms with Gasteiger partial charge in [-0.2, -0.15) is 5.10 Å². The van der Waals surface area contributed by atoms with Gasteiger partial charge >= 0.3 is 0 Å². The fraction of sp³-hybridized carbons (Fsp3) is 0.643. The summed E-state index contributed by atoms with van der Waals surface area (Å²) in [6.45, 7) is 5.46. The van der Waals surface area contributed by atoms with E-state index in [1.54, 1.807) is 4.90 Å². The van der Waals surface area contributed by atoms with Crippen LogP contribution < -0.4 is 11.1 Å². The Morgan fingerprint density at radius 2 is 2.00 bits per heavy atom. The molecular weight excluding hydrogens is 270 g/mol. The largest absolute Gasteiger partial charge is 0.395 e. The first kappa shape index (κ1) is 15.3. The molecule has 2 rings (SSSR count). The van der Waals surface area contributed by atoms with E-state index in [1.807, 2.05) is 13.8 Å². The topological polar surface area (TPSA) is 104 Å². The maximum atomic E-state index is 12.0. The van der Waals surface area contributed by atoms with Gasteiger partial charge in [0.2, 0.25) is 5.91 Å². The van der Waals surface area contributed by atoms with Gasteiger partial charge in [0.15, 0.2) is 5.69 Å². The number of nitrogens with zero attached hydrogens (tertiary/aromatic N) is 2. The minimum Gasteiger partial charge on any atom is -0.395 e. The number of amides is 2. The van der Waals surface area contributed by atoms with Gasteiger partial charge in [-0.3, -0.25) is 14.7 Å². The van der Waals surface area contributed by atoms with E-state index in [2.05, 4.69) is 15.5 Å². The third-order valence-corrected chi connectivity index (χ3v) is 3.73. The first-order chi connectivity index (χ1) is 10.0. The Bertz CT molecular complexity index is 517. The number of carbonyl (C=O) groups is 2. The molecule has 2 heterocycles. The van der Waals surface area contributed by atoms with Crippen molar-refractivity contribution in [3.63, 3.8) is 0 Å². The molecule has 1 aromatic rings. The number of piperidine rings is 1. The molecule has 4 N–H and O–H groups in total. The zero-order chi connectivity index (χ0) is 15.4. The van der Waals surface area contributed by atoms with Crippen LogP contribution >= 0.6 is 0 Å². The molecule has 0 saturated carbocycles. The van der Waals surface area contributed by atoms with Crippen LogP contribution in [0.15, 0.2) is 0 Å². The Labute approximate surface area is 124 Å². The SMILES string of the molecule is CC(C)c1[nH]nc(C(=O)NCC(=O)N2CCCCC2)c1N. The maximum absolute atomic E-state index is 12.0. The number of nitrogens with one attached hydrogen (secondary N) is 2. The highest BCUT2D eigenvalue weighted by molar-refractivity contribution is 5.99. The third-order valence-electron chi connectivity index (χ3n) is 3.73. The van der Waals surface area contributed by atoms with Crippen LogP contribution in [0.2, 0.25) is 0 Å². The second kappa shape index (κ2) is 6.60. The summed E-state index contributed by atoms with van der Waals surface area (Å²) in [6.07, 6.45) is 3.23. The van der Waals surface area contributed by atoms with Crippen LogP contribution in [-0.4, -0.2) is 46.5 Å². The van der Waals surface area contributed by atoms with E-state index in [1.165, 1.54) is 0 Å². The molecule has 1 fully saturated rings. The van der Waals surface area contributed by atoms with Gasteiger partial charge in [-0.1, -0.05) is 13.8 Å². The van der Waals surface area contributed by atoms with Crippen LogP contribution in [0.3, 0.4) is 0 Å². The van der Waals surface area contributed by atoms with Gasteiger partial charge in [0, 0.05) is 13.1 Å². The normalized spacial score (nSPS) is 15.3. The summed E-state index contributed by atoms with van der Waals surface area (Å²) in [5, 5.41) is 9.31. The van der Waals surface area contributed by atoms with Crippen molar-refractivity contribution in [3.05, 3.63) is 11.4 Å². The lowest BCUT2D eigenvalue weighted by molar-refractivity contribution is -0.130. The summed E-state index contributed by atoms with van der Waals surface area (Å²) in [5.41, 5.74) is 7.15. The number of H-pyrrole nitrogens is 1. The van der Waals surface area contributed by atoms with Crippen molar-refractivity contribution < 1.29 is 9.59 Å². The van der Waals surface area contributed by atoms with Gasteiger partial charge in [0.25, 0.3) is 5.91 Å². The van der Waals surface area contributed by atoms with E-state index < -0.39 is 5.91 Å². The molecule has 1 aliphatic heterocycles. The summed E-state index contributed by atoms with van der Waals surface area (Å²) in [5.74, 6) is -0.309. The molecule has 7 heteroatoms. The molecule has 1 aliphatic rings. The third kappa shape index (κ3) is 3.53. The predicted octanol–water partition coefficient (Wildman–Crippen LogP) is 0.858. The Morgan fingerprint density at radius 1 is 1.33 bits per heavy atom. The number of anilines is 1. The second-order valence-corrected chi connectivity index (χ2v) is 5.68. The molecule has 0 unspecified atom stereocenters.